The minimum atomic E-state index is -4.74. The van der Waals surface area contributed by atoms with Crippen molar-refractivity contribution in [2.75, 3.05) is 48.0 Å². The van der Waals surface area contributed by atoms with Crippen molar-refractivity contribution in [2.45, 2.75) is 26.1 Å². The lowest BCUT2D eigenvalue weighted by atomic mass is 10.2. The van der Waals surface area contributed by atoms with Crippen LogP contribution in [0, 0.1) is 11.6 Å². The number of nitrogens with zero attached hydrogens (tertiary/aromatic N) is 6. The van der Waals surface area contributed by atoms with Crippen molar-refractivity contribution in [2.24, 2.45) is 0 Å². The Labute approximate surface area is 315 Å². The molecule has 0 atom stereocenters. The van der Waals surface area contributed by atoms with Gasteiger partial charge in [0.2, 0.25) is 10.0 Å². The predicted molar refractivity (Wildman–Crippen MR) is 196 cm³/mol. The summed E-state index contributed by atoms with van der Waals surface area (Å²) in [6, 6.07) is 12.2. The Kier molecular flexibility index (Phi) is 11.0. The van der Waals surface area contributed by atoms with Crippen LogP contribution in [-0.4, -0.2) is 70.2 Å². The first-order valence-corrected chi connectivity index (χ1v) is 18.7. The summed E-state index contributed by atoms with van der Waals surface area (Å²) in [5.41, 5.74) is -3.20. The molecule has 14 nitrogen and oxygen atoms in total. The molecule has 0 unspecified atom stereocenters. The summed E-state index contributed by atoms with van der Waals surface area (Å²) in [5.74, 6) is -3.00. The van der Waals surface area contributed by atoms with E-state index >= 15 is 4.39 Å². The van der Waals surface area contributed by atoms with Crippen LogP contribution in [0.5, 0.6) is 11.5 Å². The van der Waals surface area contributed by atoms with Crippen molar-refractivity contribution in [3.8, 4) is 17.2 Å². The highest BCUT2D eigenvalue weighted by molar-refractivity contribution is 7.88. The molecule has 4 heterocycles. The lowest BCUT2D eigenvalue weighted by molar-refractivity contribution is -0.137. The number of hydrogen-bond acceptors (Lipinski definition) is 10. The molecule has 20 heteroatoms. The second-order valence-electron chi connectivity index (χ2n) is 12.9. The van der Waals surface area contributed by atoms with Gasteiger partial charge in [-0.15, -0.1) is 0 Å². The number of carbonyl (C=O) groups excluding carboxylic acids is 1. The lowest BCUT2D eigenvalue weighted by Gasteiger charge is -2.35. The van der Waals surface area contributed by atoms with Gasteiger partial charge in [0, 0.05) is 62.4 Å². The number of carbonyl (C=O) groups is 1. The van der Waals surface area contributed by atoms with E-state index in [0.29, 0.717) is 0 Å². The fourth-order valence-corrected chi connectivity index (χ4v) is 6.62. The zero-order chi connectivity index (χ0) is 40.5. The maximum atomic E-state index is 15.3. The molecule has 2 N–H and O–H groups in total. The highest BCUT2D eigenvalue weighted by Crippen LogP contribution is 2.37. The first-order valence-electron chi connectivity index (χ1n) is 16.8. The minimum absolute atomic E-state index is 0.0114. The Bertz CT molecular complexity index is 2520. The molecule has 0 aliphatic carbocycles. The molecule has 6 rings (SSSR count). The molecule has 0 spiro atoms. The van der Waals surface area contributed by atoms with Crippen molar-refractivity contribution < 1.29 is 39.9 Å². The fourth-order valence-electron chi connectivity index (χ4n) is 5.79. The molecule has 1 aliphatic rings. The van der Waals surface area contributed by atoms with Gasteiger partial charge < -0.3 is 20.3 Å². The van der Waals surface area contributed by atoms with Crippen molar-refractivity contribution in [3.63, 3.8) is 0 Å². The quantitative estimate of drug-likeness (QED) is 0.172. The molecule has 5 aromatic rings. The van der Waals surface area contributed by atoms with Crippen LogP contribution in [-0.2, 0) is 16.2 Å². The van der Waals surface area contributed by atoms with E-state index in [-0.39, 0.29) is 60.7 Å². The summed E-state index contributed by atoms with van der Waals surface area (Å²) in [7, 11) is -3.52. The summed E-state index contributed by atoms with van der Waals surface area (Å²) in [6.07, 6.45) is -1.32. The molecule has 0 saturated carbocycles. The highest BCUT2D eigenvalue weighted by atomic mass is 32.2. The third kappa shape index (κ3) is 8.70. The Morgan fingerprint density at radius 2 is 1.61 bits per heavy atom. The number of anilines is 4. The lowest BCUT2D eigenvalue weighted by Crippen LogP contribution is -2.49. The van der Waals surface area contributed by atoms with Crippen molar-refractivity contribution in [1.29, 1.82) is 0 Å². The number of alkyl halides is 3. The number of pyridine rings is 2. The first-order chi connectivity index (χ1) is 26.4. The minimum Gasteiger partial charge on any atom is -0.454 e. The molecule has 1 aliphatic heterocycles. The molecule has 3 aromatic heterocycles. The van der Waals surface area contributed by atoms with Gasteiger partial charge in [0.15, 0.2) is 11.6 Å². The Morgan fingerprint density at radius 1 is 0.911 bits per heavy atom. The zero-order valence-electron chi connectivity index (χ0n) is 29.8. The normalized spacial score (nSPS) is 13.8. The van der Waals surface area contributed by atoms with E-state index in [9.17, 15) is 40.4 Å². The van der Waals surface area contributed by atoms with Gasteiger partial charge in [0.05, 0.1) is 17.5 Å². The summed E-state index contributed by atoms with van der Waals surface area (Å²) < 4.78 is 103. The average molecular weight is 801 g/mol. The number of piperazine rings is 1. The van der Waals surface area contributed by atoms with Gasteiger partial charge in [-0.1, -0.05) is 0 Å². The topological polar surface area (TPSA) is 161 Å². The maximum absolute atomic E-state index is 15.3. The van der Waals surface area contributed by atoms with Gasteiger partial charge in [-0.25, -0.2) is 36.5 Å². The number of nitrogens with one attached hydrogen (secondary N) is 2. The third-order valence-electron chi connectivity index (χ3n) is 8.59. The van der Waals surface area contributed by atoms with Gasteiger partial charge in [-0.3, -0.25) is 14.2 Å². The van der Waals surface area contributed by atoms with E-state index in [0.717, 1.165) is 51.9 Å². The molecule has 1 fully saturated rings. The van der Waals surface area contributed by atoms with Gasteiger partial charge >= 0.3 is 11.9 Å². The molecule has 0 bridgehead atoms. The SMILES string of the molecule is CC(C)n1cc(C(=O)Nc2ccc(Oc3ccnc(Nc4ccc(C(F)(F)F)c(N5CCN(S(C)(=O)=O)CC5)n4)c3)c(F)c2)c(=O)n(-c2ccc(F)cc2)c1=O. The molecular weight excluding hydrogens is 768 g/mol. The number of rotatable bonds is 10. The summed E-state index contributed by atoms with van der Waals surface area (Å²) in [5, 5.41) is 5.25. The van der Waals surface area contributed by atoms with E-state index in [2.05, 4.69) is 20.6 Å². The predicted octanol–water partition coefficient (Wildman–Crippen LogP) is 5.54. The van der Waals surface area contributed by atoms with Crippen LogP contribution in [0.15, 0.2) is 88.7 Å². The number of halogens is 5. The molecule has 294 valence electrons. The summed E-state index contributed by atoms with van der Waals surface area (Å²) >= 11 is 0. The standard InChI is InChI=1S/C36H33F5N8O6S/c1-21(2)48-20-26(34(51)49(35(48)52)24-7-4-22(37)5-8-24)33(50)43-23-6-10-29(28(38)18-23)55-25-12-13-42-31(19-25)44-30-11-9-27(36(39,40)41)32(45-30)46-14-16-47(17-15-46)56(3,53)54/h4-13,18-21H,14-17H2,1-3H3,(H,43,50)(H,42,44,45). The fraction of sp³-hybridized carbons (Fsp3) is 0.250. The monoisotopic (exact) mass is 800 g/mol. The van der Waals surface area contributed by atoms with Crippen molar-refractivity contribution in [1.82, 2.24) is 23.4 Å². The van der Waals surface area contributed by atoms with Crippen LogP contribution in [0.4, 0.5) is 45.1 Å². The zero-order valence-corrected chi connectivity index (χ0v) is 30.7. The van der Waals surface area contributed by atoms with Crippen LogP contribution >= 0.6 is 0 Å². The average Bonchev–Trinajstić information content (AvgIpc) is 3.13. The van der Waals surface area contributed by atoms with E-state index in [1.807, 2.05) is 0 Å². The van der Waals surface area contributed by atoms with Crippen LogP contribution in [0.1, 0.15) is 35.8 Å². The van der Waals surface area contributed by atoms with E-state index in [1.165, 1.54) is 51.8 Å². The summed E-state index contributed by atoms with van der Waals surface area (Å²) in [4.78, 5) is 49.4. The van der Waals surface area contributed by atoms with Crippen LogP contribution in [0.25, 0.3) is 5.69 Å². The highest BCUT2D eigenvalue weighted by Gasteiger charge is 2.37. The number of benzene rings is 2. The number of amides is 1. The van der Waals surface area contributed by atoms with Crippen molar-refractivity contribution in [3.05, 3.63) is 123 Å². The number of aromatic nitrogens is 4. The van der Waals surface area contributed by atoms with Crippen molar-refractivity contribution >= 4 is 39.1 Å². The van der Waals surface area contributed by atoms with Gasteiger partial charge in [0.1, 0.15) is 34.6 Å². The second kappa shape index (κ2) is 15.5. The maximum Gasteiger partial charge on any atom is 0.419 e. The van der Waals surface area contributed by atoms with Gasteiger partial charge in [-0.05, 0) is 68.4 Å². The molecular formula is C36H33F5N8O6S. The molecule has 0 radical (unpaired) electrons. The van der Waals surface area contributed by atoms with E-state index < -0.39 is 68.0 Å². The van der Waals surface area contributed by atoms with Crippen LogP contribution in [0.2, 0.25) is 0 Å². The largest absolute Gasteiger partial charge is 0.454 e. The Morgan fingerprint density at radius 3 is 2.23 bits per heavy atom. The Balaban J connectivity index is 1.18. The second-order valence-corrected chi connectivity index (χ2v) is 14.8. The number of sulfonamides is 1. The van der Waals surface area contributed by atoms with Gasteiger partial charge in [-0.2, -0.15) is 17.5 Å². The number of ether oxygens (including phenoxy) is 1. The molecule has 56 heavy (non-hydrogen) atoms. The number of hydrogen-bond donors (Lipinski definition) is 2. The van der Waals surface area contributed by atoms with Crippen LogP contribution < -0.4 is 31.5 Å². The van der Waals surface area contributed by atoms with Gasteiger partial charge in [0.25, 0.3) is 11.5 Å². The Hall–Kier alpha value is -6.15. The third-order valence-corrected chi connectivity index (χ3v) is 9.90. The molecule has 1 saturated heterocycles. The first kappa shape index (κ1) is 39.5. The van der Waals surface area contributed by atoms with E-state index in [1.54, 1.807) is 13.8 Å². The smallest absolute Gasteiger partial charge is 0.419 e. The van der Waals surface area contributed by atoms with Crippen LogP contribution in [0.3, 0.4) is 0 Å². The molecule has 1 amide bonds. The summed E-state index contributed by atoms with van der Waals surface area (Å²) in [6.45, 7) is 3.24. The van der Waals surface area contributed by atoms with E-state index in [4.69, 9.17) is 4.74 Å². The molecule has 2 aromatic carbocycles.